The number of anilines is 2. The van der Waals surface area contributed by atoms with Gasteiger partial charge in [-0.2, -0.15) is 0 Å². The highest BCUT2D eigenvalue weighted by Crippen LogP contribution is 2.29. The highest BCUT2D eigenvalue weighted by atomic mass is 32.1. The molecule has 2 N–H and O–H groups in total. The lowest BCUT2D eigenvalue weighted by Crippen LogP contribution is -2.50. The minimum absolute atomic E-state index is 0. The SMILES string of the molecule is C.C.CC(=S)NC[C@H]1CN(c2ccc(N3CCN(C(=O)C(O)c4ccccc4)CC3)c(F)c2)C(=O)O1. The third kappa shape index (κ3) is 6.50. The van der Waals surface area contributed by atoms with Gasteiger partial charge in [0, 0.05) is 26.2 Å². The molecule has 0 aliphatic carbocycles. The molecule has 196 valence electrons. The zero-order chi connectivity index (χ0) is 24.2. The largest absolute Gasteiger partial charge is 0.442 e. The van der Waals surface area contributed by atoms with E-state index >= 15 is 4.39 Å². The van der Waals surface area contributed by atoms with Gasteiger partial charge in [0.15, 0.2) is 6.10 Å². The van der Waals surface area contributed by atoms with Crippen molar-refractivity contribution in [1.82, 2.24) is 10.2 Å². The maximum Gasteiger partial charge on any atom is 0.414 e. The van der Waals surface area contributed by atoms with E-state index in [-0.39, 0.29) is 26.9 Å². The van der Waals surface area contributed by atoms with Crippen molar-refractivity contribution in [2.75, 3.05) is 49.1 Å². The van der Waals surface area contributed by atoms with Crippen LogP contribution in [0.25, 0.3) is 0 Å². The number of hydrogen-bond acceptors (Lipinski definition) is 6. The quantitative estimate of drug-likeness (QED) is 0.564. The van der Waals surface area contributed by atoms with E-state index in [1.165, 1.54) is 11.0 Å². The topological polar surface area (TPSA) is 85.4 Å². The van der Waals surface area contributed by atoms with Gasteiger partial charge in [0.05, 0.1) is 29.5 Å². The summed E-state index contributed by atoms with van der Waals surface area (Å²) in [5.74, 6) is -0.812. The van der Waals surface area contributed by atoms with Crippen molar-refractivity contribution >= 4 is 40.6 Å². The summed E-state index contributed by atoms with van der Waals surface area (Å²) in [5, 5.41) is 13.4. The smallest absolute Gasteiger partial charge is 0.414 e. The Bertz CT molecular complexity index is 1060. The van der Waals surface area contributed by atoms with Gasteiger partial charge in [-0.05, 0) is 30.7 Å². The van der Waals surface area contributed by atoms with Crippen molar-refractivity contribution in [3.05, 3.63) is 59.9 Å². The molecule has 2 aliphatic heterocycles. The molecule has 2 aliphatic rings. The Balaban J connectivity index is 0.00000228. The minimum atomic E-state index is -1.21. The number of benzene rings is 2. The lowest BCUT2D eigenvalue weighted by Gasteiger charge is -2.37. The van der Waals surface area contributed by atoms with Crippen LogP contribution < -0.4 is 15.1 Å². The molecular weight excluding hydrogens is 483 g/mol. The molecule has 2 atom stereocenters. The molecule has 2 aromatic carbocycles. The summed E-state index contributed by atoms with van der Waals surface area (Å²) < 4.78 is 20.3. The summed E-state index contributed by atoms with van der Waals surface area (Å²) >= 11 is 4.98. The fraction of sp³-hybridized carbons (Fsp3) is 0.423. The molecule has 2 saturated heterocycles. The zero-order valence-electron chi connectivity index (χ0n) is 18.8. The molecular formula is C26H35FN4O4S. The van der Waals surface area contributed by atoms with Crippen molar-refractivity contribution in [2.45, 2.75) is 34.0 Å². The average Bonchev–Trinajstić information content (AvgIpc) is 3.23. The van der Waals surface area contributed by atoms with Crippen LogP contribution in [0.2, 0.25) is 0 Å². The van der Waals surface area contributed by atoms with Gasteiger partial charge in [0.25, 0.3) is 5.91 Å². The molecule has 0 saturated carbocycles. The molecule has 10 heteroatoms. The summed E-state index contributed by atoms with van der Waals surface area (Å²) in [6, 6.07) is 13.5. The number of nitrogens with one attached hydrogen (secondary N) is 1. The third-order valence-electron chi connectivity index (χ3n) is 5.98. The number of nitrogens with zero attached hydrogens (tertiary/aromatic N) is 3. The summed E-state index contributed by atoms with van der Waals surface area (Å²) in [7, 11) is 0. The van der Waals surface area contributed by atoms with Crippen molar-refractivity contribution in [1.29, 1.82) is 0 Å². The Labute approximate surface area is 217 Å². The van der Waals surface area contributed by atoms with Crippen molar-refractivity contribution in [2.24, 2.45) is 0 Å². The first-order valence-corrected chi connectivity index (χ1v) is 11.5. The predicted molar refractivity (Wildman–Crippen MR) is 144 cm³/mol. The number of aliphatic hydroxyl groups excluding tert-OH is 1. The maximum atomic E-state index is 15.0. The second kappa shape index (κ2) is 12.6. The monoisotopic (exact) mass is 518 g/mol. The van der Waals surface area contributed by atoms with Crippen molar-refractivity contribution < 1.29 is 23.8 Å². The predicted octanol–water partition coefficient (Wildman–Crippen LogP) is 3.74. The molecule has 1 unspecified atom stereocenters. The van der Waals surface area contributed by atoms with Crippen LogP contribution in [0, 0.1) is 5.82 Å². The van der Waals surface area contributed by atoms with Gasteiger partial charge in [0.2, 0.25) is 0 Å². The van der Waals surface area contributed by atoms with Gasteiger partial charge < -0.3 is 25.0 Å². The minimum Gasteiger partial charge on any atom is -0.442 e. The van der Waals surface area contributed by atoms with Crippen LogP contribution in [0.4, 0.5) is 20.6 Å². The van der Waals surface area contributed by atoms with Crippen LogP contribution >= 0.6 is 12.2 Å². The van der Waals surface area contributed by atoms with Gasteiger partial charge in [-0.15, -0.1) is 0 Å². The summed E-state index contributed by atoms with van der Waals surface area (Å²) in [4.78, 5) is 30.4. The molecule has 36 heavy (non-hydrogen) atoms. The Morgan fingerprint density at radius 3 is 2.44 bits per heavy atom. The average molecular weight is 519 g/mol. The van der Waals surface area contributed by atoms with Crippen LogP contribution in [0.3, 0.4) is 0 Å². The Kier molecular flexibility index (Phi) is 10.2. The number of thiocarbonyl (C=S) groups is 1. The lowest BCUT2D eigenvalue weighted by atomic mass is 10.1. The number of amides is 2. The molecule has 2 fully saturated rings. The van der Waals surface area contributed by atoms with E-state index in [2.05, 4.69) is 5.32 Å². The molecule has 8 nitrogen and oxygen atoms in total. The summed E-state index contributed by atoms with van der Waals surface area (Å²) in [5.41, 5.74) is 1.38. The maximum absolute atomic E-state index is 15.0. The molecule has 2 aromatic rings. The number of aliphatic hydroxyl groups is 1. The first kappa shape index (κ1) is 29.0. The summed E-state index contributed by atoms with van der Waals surface area (Å²) in [6.07, 6.45) is -2.11. The van der Waals surface area contributed by atoms with E-state index < -0.39 is 18.0 Å². The lowest BCUT2D eigenvalue weighted by molar-refractivity contribution is -0.140. The molecule has 4 rings (SSSR count). The number of rotatable bonds is 6. The molecule has 0 spiro atoms. The Hall–Kier alpha value is -3.24. The van der Waals surface area contributed by atoms with E-state index in [0.717, 1.165) is 0 Å². The number of cyclic esters (lactones) is 1. The first-order chi connectivity index (χ1) is 16.3. The van der Waals surface area contributed by atoms with Gasteiger partial charge >= 0.3 is 6.09 Å². The van der Waals surface area contributed by atoms with Crippen LogP contribution in [0.15, 0.2) is 48.5 Å². The van der Waals surface area contributed by atoms with Gasteiger partial charge in [-0.3, -0.25) is 9.69 Å². The number of hydrogen-bond donors (Lipinski definition) is 2. The normalized spacial score (nSPS) is 18.0. The standard InChI is InChI=1S/C24H27FN4O4S.2CH4/c1-16(34)26-14-19-15-29(24(32)33-19)18-7-8-21(20(25)13-18)27-9-11-28(12-10-27)23(31)22(30)17-5-3-2-4-6-17;;/h2-8,13,19,22,30H,9-12,14-15H2,1H3,(H,26,34);2*1H4/t19-,22?;;/m0../s1. The molecule has 0 aromatic heterocycles. The Morgan fingerprint density at radius 2 is 1.83 bits per heavy atom. The number of piperazine rings is 1. The fourth-order valence-corrected chi connectivity index (χ4v) is 4.22. The second-order valence-electron chi connectivity index (χ2n) is 8.31. The highest BCUT2D eigenvalue weighted by molar-refractivity contribution is 7.80. The van der Waals surface area contributed by atoms with Gasteiger partial charge in [-0.1, -0.05) is 57.4 Å². The number of carbonyl (C=O) groups is 2. The number of halogens is 1. The second-order valence-corrected chi connectivity index (χ2v) is 8.93. The summed E-state index contributed by atoms with van der Waals surface area (Å²) in [6.45, 7) is 4.06. The highest BCUT2D eigenvalue weighted by Gasteiger charge is 2.33. The van der Waals surface area contributed by atoms with E-state index in [1.54, 1.807) is 48.2 Å². The Morgan fingerprint density at radius 1 is 1.17 bits per heavy atom. The van der Waals surface area contributed by atoms with Crippen LogP contribution in [0.1, 0.15) is 33.4 Å². The van der Waals surface area contributed by atoms with Gasteiger partial charge in [0.1, 0.15) is 11.9 Å². The van der Waals surface area contributed by atoms with E-state index in [9.17, 15) is 14.7 Å². The van der Waals surface area contributed by atoms with Crippen LogP contribution in [-0.2, 0) is 9.53 Å². The zero-order valence-corrected chi connectivity index (χ0v) is 19.6. The molecule has 0 bridgehead atoms. The first-order valence-electron chi connectivity index (χ1n) is 11.1. The van der Waals surface area contributed by atoms with E-state index in [4.69, 9.17) is 17.0 Å². The van der Waals surface area contributed by atoms with Crippen molar-refractivity contribution in [3.63, 3.8) is 0 Å². The number of ether oxygens (including phenoxy) is 1. The molecule has 2 amide bonds. The third-order valence-corrected chi connectivity index (χ3v) is 6.12. The van der Waals surface area contributed by atoms with E-state index in [1.807, 2.05) is 11.0 Å². The van der Waals surface area contributed by atoms with Crippen LogP contribution in [0.5, 0.6) is 0 Å². The van der Waals surface area contributed by atoms with Crippen LogP contribution in [-0.4, -0.2) is 72.4 Å². The number of carbonyl (C=O) groups excluding carboxylic acids is 2. The van der Waals surface area contributed by atoms with E-state index in [0.29, 0.717) is 61.2 Å². The fourth-order valence-electron chi connectivity index (χ4n) is 4.13. The molecule has 2 heterocycles. The molecule has 0 radical (unpaired) electrons. The van der Waals surface area contributed by atoms with Gasteiger partial charge in [-0.25, -0.2) is 9.18 Å². The van der Waals surface area contributed by atoms with Crippen molar-refractivity contribution in [3.8, 4) is 0 Å².